The maximum atomic E-state index is 11.8. The van der Waals surface area contributed by atoms with Crippen molar-refractivity contribution >= 4 is 15.7 Å². The van der Waals surface area contributed by atoms with Gasteiger partial charge in [0.05, 0.1) is 18.9 Å². The summed E-state index contributed by atoms with van der Waals surface area (Å²) in [5.74, 6) is 0. The predicted octanol–water partition coefficient (Wildman–Crippen LogP) is 1.60. The third-order valence-electron chi connectivity index (χ3n) is 2.47. The van der Waals surface area contributed by atoms with Crippen LogP contribution in [0.3, 0.4) is 0 Å². The Hall–Kier alpha value is -1.37. The molecule has 6 heteroatoms. The van der Waals surface area contributed by atoms with Crippen molar-refractivity contribution in [1.82, 2.24) is 4.72 Å². The Morgan fingerprint density at radius 1 is 1.32 bits per heavy atom. The summed E-state index contributed by atoms with van der Waals surface area (Å²) in [4.78, 5) is 0.239. The molecule has 106 valence electrons. The Balaban J connectivity index is 2.57. The van der Waals surface area contributed by atoms with E-state index in [1.54, 1.807) is 30.3 Å². The van der Waals surface area contributed by atoms with Gasteiger partial charge in [-0.05, 0) is 25.6 Å². The molecule has 1 rings (SSSR count). The van der Waals surface area contributed by atoms with E-state index >= 15 is 0 Å². The number of nitrogens with one attached hydrogen (secondary N) is 2. The fourth-order valence-corrected chi connectivity index (χ4v) is 2.39. The van der Waals surface area contributed by atoms with Crippen LogP contribution in [0.15, 0.2) is 41.8 Å². The van der Waals surface area contributed by atoms with Gasteiger partial charge in [-0.25, -0.2) is 13.1 Å². The smallest absolute Gasteiger partial charge is 0.242 e. The molecule has 1 aromatic rings. The zero-order valence-corrected chi connectivity index (χ0v) is 11.9. The first-order valence-electron chi connectivity index (χ1n) is 6.07. The van der Waals surface area contributed by atoms with Crippen molar-refractivity contribution in [3.05, 3.63) is 36.9 Å². The Morgan fingerprint density at radius 3 is 2.74 bits per heavy atom. The van der Waals surface area contributed by atoms with Crippen molar-refractivity contribution in [2.45, 2.75) is 11.3 Å². The van der Waals surface area contributed by atoms with E-state index in [1.807, 2.05) is 0 Å². The predicted molar refractivity (Wildman–Crippen MR) is 76.8 cm³/mol. The van der Waals surface area contributed by atoms with Crippen LogP contribution in [0, 0.1) is 0 Å². The van der Waals surface area contributed by atoms with E-state index < -0.39 is 10.0 Å². The first-order chi connectivity index (χ1) is 9.11. The Kier molecular flexibility index (Phi) is 6.55. The molecule has 1 aromatic carbocycles. The number of hydrogen-bond acceptors (Lipinski definition) is 4. The maximum Gasteiger partial charge on any atom is 0.242 e. The van der Waals surface area contributed by atoms with Crippen LogP contribution >= 0.6 is 0 Å². The van der Waals surface area contributed by atoms with Crippen molar-refractivity contribution in [3.8, 4) is 0 Å². The number of hydrogen-bond donors (Lipinski definition) is 2. The van der Waals surface area contributed by atoms with Gasteiger partial charge in [0.25, 0.3) is 0 Å². The number of sulfonamides is 1. The lowest BCUT2D eigenvalue weighted by Gasteiger charge is -2.11. The quantitative estimate of drug-likeness (QED) is 0.534. The van der Waals surface area contributed by atoms with Gasteiger partial charge >= 0.3 is 0 Å². The van der Waals surface area contributed by atoms with Crippen LogP contribution in [0.1, 0.15) is 6.42 Å². The molecule has 5 nitrogen and oxygen atoms in total. The summed E-state index contributed by atoms with van der Waals surface area (Å²) in [5.41, 5.74) is 0.573. The van der Waals surface area contributed by atoms with E-state index in [4.69, 9.17) is 4.74 Å². The molecule has 0 heterocycles. The molecule has 0 aliphatic rings. The van der Waals surface area contributed by atoms with Gasteiger partial charge in [-0.1, -0.05) is 18.2 Å². The average Bonchev–Trinajstić information content (AvgIpc) is 2.43. The van der Waals surface area contributed by atoms with Crippen molar-refractivity contribution in [1.29, 1.82) is 0 Å². The number of ether oxygens (including phenoxy) is 1. The van der Waals surface area contributed by atoms with Crippen LogP contribution < -0.4 is 10.0 Å². The van der Waals surface area contributed by atoms with Gasteiger partial charge in [0.2, 0.25) is 10.0 Å². The molecule has 19 heavy (non-hydrogen) atoms. The maximum absolute atomic E-state index is 11.8. The molecular formula is C13H20N2O3S. The summed E-state index contributed by atoms with van der Waals surface area (Å²) in [6.45, 7) is 5.30. The van der Waals surface area contributed by atoms with Gasteiger partial charge in [-0.15, -0.1) is 6.58 Å². The molecule has 0 radical (unpaired) electrons. The van der Waals surface area contributed by atoms with E-state index in [1.165, 1.54) is 7.05 Å². The second-order valence-electron chi connectivity index (χ2n) is 3.82. The lowest BCUT2D eigenvalue weighted by atomic mass is 10.3. The van der Waals surface area contributed by atoms with Gasteiger partial charge in [-0.2, -0.15) is 0 Å². The van der Waals surface area contributed by atoms with Crippen molar-refractivity contribution < 1.29 is 13.2 Å². The van der Waals surface area contributed by atoms with E-state index in [0.717, 1.165) is 6.42 Å². The summed E-state index contributed by atoms with van der Waals surface area (Å²) < 4.78 is 31.3. The third-order valence-corrected chi connectivity index (χ3v) is 3.95. The van der Waals surface area contributed by atoms with Crippen LogP contribution in [-0.2, 0) is 14.8 Å². The first-order valence-corrected chi connectivity index (χ1v) is 7.55. The highest BCUT2D eigenvalue weighted by Gasteiger charge is 2.15. The zero-order chi connectivity index (χ0) is 14.1. The lowest BCUT2D eigenvalue weighted by Crippen LogP contribution is -2.21. The lowest BCUT2D eigenvalue weighted by molar-refractivity contribution is 0.149. The largest absolute Gasteiger partial charge is 0.382 e. The van der Waals surface area contributed by atoms with Crippen LogP contribution in [0.4, 0.5) is 5.69 Å². The first kappa shape index (κ1) is 15.7. The molecule has 2 N–H and O–H groups in total. The van der Waals surface area contributed by atoms with Crippen molar-refractivity contribution in [2.24, 2.45) is 0 Å². The SMILES string of the molecule is C=CCCOCCNc1ccccc1S(=O)(=O)NC. The fourth-order valence-electron chi connectivity index (χ4n) is 1.48. The average molecular weight is 284 g/mol. The Morgan fingerprint density at radius 2 is 2.05 bits per heavy atom. The van der Waals surface area contributed by atoms with Crippen LogP contribution in [0.25, 0.3) is 0 Å². The second kappa shape index (κ2) is 7.93. The monoisotopic (exact) mass is 284 g/mol. The number of rotatable bonds is 9. The van der Waals surface area contributed by atoms with Crippen molar-refractivity contribution in [3.63, 3.8) is 0 Å². The molecule has 0 aliphatic carbocycles. The van der Waals surface area contributed by atoms with Gasteiger partial charge in [0.15, 0.2) is 0 Å². The summed E-state index contributed by atoms with van der Waals surface area (Å²) in [6.07, 6.45) is 2.60. The summed E-state index contributed by atoms with van der Waals surface area (Å²) in [5, 5.41) is 3.06. The molecule has 0 aliphatic heterocycles. The molecule has 0 amide bonds. The van der Waals surface area contributed by atoms with Crippen LogP contribution in [0.2, 0.25) is 0 Å². The standard InChI is InChI=1S/C13H20N2O3S/c1-3-4-10-18-11-9-15-12-7-5-6-8-13(12)19(16,17)14-2/h3,5-8,14-15H,1,4,9-11H2,2H3. The van der Waals surface area contributed by atoms with E-state index in [-0.39, 0.29) is 4.90 Å². The molecule has 0 saturated heterocycles. The highest BCUT2D eigenvalue weighted by Crippen LogP contribution is 2.19. The zero-order valence-electron chi connectivity index (χ0n) is 11.1. The molecular weight excluding hydrogens is 264 g/mol. The number of para-hydroxylation sites is 1. The van der Waals surface area contributed by atoms with Crippen molar-refractivity contribution in [2.75, 3.05) is 32.1 Å². The Bertz CT molecular complexity index is 500. The normalized spacial score (nSPS) is 11.2. The molecule has 0 fully saturated rings. The highest BCUT2D eigenvalue weighted by molar-refractivity contribution is 7.89. The molecule has 0 atom stereocenters. The van der Waals surface area contributed by atoms with Gasteiger partial charge < -0.3 is 10.1 Å². The van der Waals surface area contributed by atoms with Gasteiger partial charge in [0, 0.05) is 6.54 Å². The van der Waals surface area contributed by atoms with Crippen LogP contribution in [-0.4, -0.2) is 35.2 Å². The topological polar surface area (TPSA) is 67.4 Å². The van der Waals surface area contributed by atoms with Crippen LogP contribution in [0.5, 0.6) is 0 Å². The second-order valence-corrected chi connectivity index (χ2v) is 5.68. The molecule has 0 unspecified atom stereocenters. The summed E-state index contributed by atoms with van der Waals surface area (Å²) in [7, 11) is -2.05. The fraction of sp³-hybridized carbons (Fsp3) is 0.385. The minimum Gasteiger partial charge on any atom is -0.382 e. The van der Waals surface area contributed by atoms with E-state index in [9.17, 15) is 8.42 Å². The minimum atomic E-state index is -3.45. The highest BCUT2D eigenvalue weighted by atomic mass is 32.2. The van der Waals surface area contributed by atoms with E-state index in [0.29, 0.717) is 25.4 Å². The minimum absolute atomic E-state index is 0.239. The molecule has 0 aromatic heterocycles. The summed E-state index contributed by atoms with van der Waals surface area (Å²) >= 11 is 0. The van der Waals surface area contributed by atoms with E-state index in [2.05, 4.69) is 16.6 Å². The van der Waals surface area contributed by atoms with Gasteiger partial charge in [0.1, 0.15) is 4.90 Å². The molecule has 0 bridgehead atoms. The Labute approximate surface area is 114 Å². The summed E-state index contributed by atoms with van der Waals surface area (Å²) in [6, 6.07) is 6.77. The molecule has 0 saturated carbocycles. The number of benzene rings is 1. The number of anilines is 1. The third kappa shape index (κ3) is 5.02. The molecule has 0 spiro atoms. The van der Waals surface area contributed by atoms with Gasteiger partial charge in [-0.3, -0.25) is 0 Å².